The summed E-state index contributed by atoms with van der Waals surface area (Å²) < 4.78 is 13.2. The van der Waals surface area contributed by atoms with Crippen molar-refractivity contribution in [3.63, 3.8) is 0 Å². The third kappa shape index (κ3) is 4.39. The van der Waals surface area contributed by atoms with Crippen LogP contribution < -0.4 is 5.32 Å². The van der Waals surface area contributed by atoms with E-state index < -0.39 is 5.82 Å². The zero-order chi connectivity index (χ0) is 15.8. The lowest BCUT2D eigenvalue weighted by Gasteiger charge is -2.19. The van der Waals surface area contributed by atoms with Crippen LogP contribution in [0.1, 0.15) is 35.6 Å². The first kappa shape index (κ1) is 16.2. The summed E-state index contributed by atoms with van der Waals surface area (Å²) in [6.45, 7) is 0.624. The summed E-state index contributed by atoms with van der Waals surface area (Å²) in [5, 5.41) is 21.5. The Hall–Kier alpha value is -2.22. The minimum Gasteiger partial charge on any atom is -0.396 e. The van der Waals surface area contributed by atoms with Crippen molar-refractivity contribution in [3.05, 3.63) is 71.0 Å². The summed E-state index contributed by atoms with van der Waals surface area (Å²) in [7, 11) is 0. The van der Waals surface area contributed by atoms with Gasteiger partial charge in [0.15, 0.2) is 0 Å². The molecular formula is C18H19FN2O. The largest absolute Gasteiger partial charge is 0.396 e. The van der Waals surface area contributed by atoms with Crippen LogP contribution in [0.2, 0.25) is 0 Å². The third-order valence-corrected chi connectivity index (χ3v) is 3.58. The molecule has 0 aliphatic carbocycles. The van der Waals surface area contributed by atoms with Gasteiger partial charge in [0.05, 0.1) is 11.6 Å². The Morgan fingerprint density at radius 3 is 2.64 bits per heavy atom. The molecule has 2 aromatic rings. The van der Waals surface area contributed by atoms with E-state index in [9.17, 15) is 4.39 Å². The number of halogens is 1. The molecular weight excluding hydrogens is 279 g/mol. The molecule has 0 bridgehead atoms. The van der Waals surface area contributed by atoms with Gasteiger partial charge in [0, 0.05) is 19.2 Å². The van der Waals surface area contributed by atoms with E-state index in [2.05, 4.69) is 5.32 Å². The monoisotopic (exact) mass is 298 g/mol. The molecule has 0 spiro atoms. The Morgan fingerprint density at radius 1 is 1.18 bits per heavy atom. The summed E-state index contributed by atoms with van der Waals surface area (Å²) in [6, 6.07) is 16.3. The van der Waals surface area contributed by atoms with Crippen molar-refractivity contribution in [1.29, 1.82) is 5.26 Å². The van der Waals surface area contributed by atoms with Gasteiger partial charge in [0.25, 0.3) is 0 Å². The van der Waals surface area contributed by atoms with Crippen LogP contribution in [-0.2, 0) is 6.54 Å². The molecule has 1 unspecified atom stereocenters. The van der Waals surface area contributed by atoms with E-state index in [1.54, 1.807) is 6.07 Å². The Kier molecular flexibility index (Phi) is 6.08. The molecule has 4 heteroatoms. The second kappa shape index (κ2) is 8.28. The maximum absolute atomic E-state index is 13.2. The lowest BCUT2D eigenvalue weighted by molar-refractivity contribution is 0.275. The SMILES string of the molecule is N#Cc1cc(F)ccc1CNC(CCCO)c1ccccc1. The van der Waals surface area contributed by atoms with E-state index in [1.165, 1.54) is 12.1 Å². The van der Waals surface area contributed by atoms with E-state index >= 15 is 0 Å². The molecule has 3 nitrogen and oxygen atoms in total. The first-order valence-corrected chi connectivity index (χ1v) is 7.32. The summed E-state index contributed by atoms with van der Waals surface area (Å²) in [5.41, 5.74) is 2.26. The van der Waals surface area contributed by atoms with Gasteiger partial charge in [-0.15, -0.1) is 0 Å². The highest BCUT2D eigenvalue weighted by Gasteiger charge is 2.12. The van der Waals surface area contributed by atoms with Crippen LogP contribution in [0, 0.1) is 17.1 Å². The molecule has 0 aromatic heterocycles. The van der Waals surface area contributed by atoms with Gasteiger partial charge in [-0.2, -0.15) is 5.26 Å². The van der Waals surface area contributed by atoms with Crippen molar-refractivity contribution in [2.75, 3.05) is 6.61 Å². The van der Waals surface area contributed by atoms with Crippen LogP contribution in [0.3, 0.4) is 0 Å². The zero-order valence-corrected chi connectivity index (χ0v) is 12.3. The number of nitriles is 1. The van der Waals surface area contributed by atoms with Crippen LogP contribution in [0.5, 0.6) is 0 Å². The molecule has 0 saturated heterocycles. The maximum atomic E-state index is 13.2. The van der Waals surface area contributed by atoms with Gasteiger partial charge < -0.3 is 10.4 Å². The molecule has 0 fully saturated rings. The van der Waals surface area contributed by atoms with Gasteiger partial charge in [-0.3, -0.25) is 0 Å². The Labute approximate surface area is 130 Å². The fourth-order valence-electron chi connectivity index (χ4n) is 2.41. The fourth-order valence-corrected chi connectivity index (χ4v) is 2.41. The van der Waals surface area contributed by atoms with E-state index in [-0.39, 0.29) is 12.6 Å². The number of hydrogen-bond acceptors (Lipinski definition) is 3. The van der Waals surface area contributed by atoms with Crippen molar-refractivity contribution >= 4 is 0 Å². The van der Waals surface area contributed by atoms with Gasteiger partial charge in [0.1, 0.15) is 5.82 Å². The average Bonchev–Trinajstić information content (AvgIpc) is 2.56. The fraction of sp³-hybridized carbons (Fsp3) is 0.278. The molecule has 0 aliphatic heterocycles. The van der Waals surface area contributed by atoms with Gasteiger partial charge in [-0.25, -0.2) is 4.39 Å². The topological polar surface area (TPSA) is 56.0 Å². The predicted molar refractivity (Wildman–Crippen MR) is 83.5 cm³/mol. The minimum absolute atomic E-state index is 0.0879. The Balaban J connectivity index is 2.10. The first-order valence-electron chi connectivity index (χ1n) is 7.32. The normalized spacial score (nSPS) is 11.9. The highest BCUT2D eigenvalue weighted by atomic mass is 19.1. The number of nitrogens with zero attached hydrogens (tertiary/aromatic N) is 1. The number of rotatable bonds is 7. The van der Waals surface area contributed by atoms with Crippen molar-refractivity contribution in [1.82, 2.24) is 5.32 Å². The van der Waals surface area contributed by atoms with Crippen LogP contribution in [0.15, 0.2) is 48.5 Å². The van der Waals surface area contributed by atoms with Crippen LogP contribution in [0.25, 0.3) is 0 Å². The highest BCUT2D eigenvalue weighted by molar-refractivity contribution is 5.38. The van der Waals surface area contributed by atoms with Crippen LogP contribution in [-0.4, -0.2) is 11.7 Å². The molecule has 0 amide bonds. The molecule has 1 atom stereocenters. The number of aliphatic hydroxyl groups is 1. The second-order valence-electron chi connectivity index (χ2n) is 5.12. The van der Waals surface area contributed by atoms with Crippen molar-refractivity contribution < 1.29 is 9.50 Å². The summed E-state index contributed by atoms with van der Waals surface area (Å²) in [4.78, 5) is 0. The number of aliphatic hydroxyl groups excluding tert-OH is 1. The van der Waals surface area contributed by atoms with Gasteiger partial charge >= 0.3 is 0 Å². The predicted octanol–water partition coefficient (Wildman–Crippen LogP) is 3.30. The quantitative estimate of drug-likeness (QED) is 0.824. The number of hydrogen-bond donors (Lipinski definition) is 2. The highest BCUT2D eigenvalue weighted by Crippen LogP contribution is 2.19. The first-order chi connectivity index (χ1) is 10.7. The zero-order valence-electron chi connectivity index (χ0n) is 12.3. The minimum atomic E-state index is -0.403. The summed E-state index contributed by atoms with van der Waals surface area (Å²) in [6.07, 6.45) is 1.49. The number of nitrogens with one attached hydrogen (secondary N) is 1. The van der Waals surface area contributed by atoms with Gasteiger partial charge in [0.2, 0.25) is 0 Å². The van der Waals surface area contributed by atoms with Gasteiger partial charge in [-0.1, -0.05) is 36.4 Å². The van der Waals surface area contributed by atoms with Crippen LogP contribution >= 0.6 is 0 Å². The molecule has 0 heterocycles. The van der Waals surface area contributed by atoms with Crippen LogP contribution in [0.4, 0.5) is 4.39 Å². The molecule has 0 radical (unpaired) electrons. The van der Waals surface area contributed by atoms with E-state index in [1.807, 2.05) is 36.4 Å². The van der Waals surface area contributed by atoms with Crippen molar-refractivity contribution in [2.45, 2.75) is 25.4 Å². The summed E-state index contributed by atoms with van der Waals surface area (Å²) >= 11 is 0. The molecule has 2 N–H and O–H groups in total. The van der Waals surface area contributed by atoms with E-state index in [4.69, 9.17) is 10.4 Å². The molecule has 2 aromatic carbocycles. The summed E-state index contributed by atoms with van der Waals surface area (Å²) in [5.74, 6) is -0.403. The number of benzene rings is 2. The van der Waals surface area contributed by atoms with E-state index in [0.29, 0.717) is 18.5 Å². The van der Waals surface area contributed by atoms with Crippen molar-refractivity contribution in [3.8, 4) is 6.07 Å². The van der Waals surface area contributed by atoms with Crippen molar-refractivity contribution in [2.24, 2.45) is 0 Å². The average molecular weight is 298 g/mol. The molecule has 2 rings (SSSR count). The maximum Gasteiger partial charge on any atom is 0.124 e. The Morgan fingerprint density at radius 2 is 1.95 bits per heavy atom. The van der Waals surface area contributed by atoms with Gasteiger partial charge in [-0.05, 0) is 36.1 Å². The molecule has 22 heavy (non-hydrogen) atoms. The second-order valence-corrected chi connectivity index (χ2v) is 5.12. The standard InChI is InChI=1S/C18H19FN2O/c19-17-9-8-15(16(11-17)12-20)13-21-18(7-4-10-22)14-5-2-1-3-6-14/h1-3,5-6,8-9,11,18,21-22H,4,7,10,13H2. The lowest BCUT2D eigenvalue weighted by atomic mass is 10.0. The molecule has 0 saturated carbocycles. The van der Waals surface area contributed by atoms with E-state index in [0.717, 1.165) is 17.5 Å². The Bertz CT molecular complexity index is 637. The third-order valence-electron chi connectivity index (χ3n) is 3.58. The molecule has 0 aliphatic rings. The molecule has 114 valence electrons. The smallest absolute Gasteiger partial charge is 0.124 e. The lowest BCUT2D eigenvalue weighted by Crippen LogP contribution is -2.21.